The third kappa shape index (κ3) is 2.88. The van der Waals surface area contributed by atoms with Gasteiger partial charge in [0.05, 0.1) is 5.56 Å². The van der Waals surface area contributed by atoms with E-state index in [2.05, 4.69) is 11.3 Å². The molecular weight excluding hydrogens is 266 g/mol. The van der Waals surface area contributed by atoms with Gasteiger partial charge in [0.15, 0.2) is 11.5 Å². The first kappa shape index (κ1) is 13.9. The van der Waals surface area contributed by atoms with E-state index >= 15 is 0 Å². The van der Waals surface area contributed by atoms with Crippen LogP contribution in [-0.4, -0.2) is 10.2 Å². The molecule has 2 rings (SSSR count). The Morgan fingerprint density at radius 2 is 1.65 bits per heavy atom. The molecule has 0 bridgehead atoms. The summed E-state index contributed by atoms with van der Waals surface area (Å²) in [6, 6.07) is 8.58. The second-order valence-electron chi connectivity index (χ2n) is 4.10. The first-order valence-corrected chi connectivity index (χ1v) is 5.74. The van der Waals surface area contributed by atoms with Gasteiger partial charge >= 0.3 is 6.11 Å². The zero-order chi connectivity index (χ0) is 14.8. The van der Waals surface area contributed by atoms with Crippen LogP contribution in [0.3, 0.4) is 0 Å². The molecule has 20 heavy (non-hydrogen) atoms. The highest BCUT2D eigenvalue weighted by molar-refractivity contribution is 5.48. The highest BCUT2D eigenvalue weighted by Gasteiger charge is 2.34. The molecule has 0 saturated heterocycles. The van der Waals surface area contributed by atoms with Crippen molar-refractivity contribution in [2.45, 2.75) is 6.11 Å². The lowest BCUT2D eigenvalue weighted by atomic mass is 10.1. The van der Waals surface area contributed by atoms with Gasteiger partial charge in [-0.3, -0.25) is 0 Å². The molecule has 0 saturated carbocycles. The molecule has 2 aromatic rings. The number of hydrogen-bond donors (Lipinski definition) is 2. The van der Waals surface area contributed by atoms with Crippen molar-refractivity contribution in [2.24, 2.45) is 0 Å². The van der Waals surface area contributed by atoms with Crippen LogP contribution in [0.4, 0.5) is 8.78 Å². The summed E-state index contributed by atoms with van der Waals surface area (Å²) in [6.45, 7) is 3.54. The quantitative estimate of drug-likeness (QED) is 0.835. The molecule has 0 fully saturated rings. The molecule has 0 aliphatic carbocycles. The van der Waals surface area contributed by atoms with Gasteiger partial charge in [-0.25, -0.2) is 0 Å². The Morgan fingerprint density at radius 3 is 2.20 bits per heavy atom. The van der Waals surface area contributed by atoms with E-state index in [1.165, 1.54) is 24.3 Å². The zero-order valence-electron chi connectivity index (χ0n) is 10.4. The Morgan fingerprint density at radius 1 is 1.00 bits per heavy atom. The van der Waals surface area contributed by atoms with Crippen LogP contribution in [-0.2, 0) is 6.11 Å². The third-order valence-electron chi connectivity index (χ3n) is 2.68. The van der Waals surface area contributed by atoms with Crippen LogP contribution in [0.25, 0.3) is 6.08 Å². The number of ether oxygens (including phenoxy) is 1. The molecule has 3 nitrogen and oxygen atoms in total. The van der Waals surface area contributed by atoms with Crippen molar-refractivity contribution in [1.82, 2.24) is 0 Å². The van der Waals surface area contributed by atoms with E-state index in [-0.39, 0.29) is 11.3 Å². The van der Waals surface area contributed by atoms with Crippen LogP contribution >= 0.6 is 0 Å². The first-order chi connectivity index (χ1) is 9.42. The predicted molar refractivity (Wildman–Crippen MR) is 70.8 cm³/mol. The number of hydrogen-bond acceptors (Lipinski definition) is 3. The number of rotatable bonds is 4. The van der Waals surface area contributed by atoms with Crippen molar-refractivity contribution in [1.29, 1.82) is 0 Å². The molecule has 0 unspecified atom stereocenters. The Balaban J connectivity index is 2.24. The average molecular weight is 278 g/mol. The van der Waals surface area contributed by atoms with Crippen molar-refractivity contribution in [3.05, 3.63) is 60.2 Å². The lowest BCUT2D eigenvalue weighted by Crippen LogP contribution is -2.21. The Kier molecular flexibility index (Phi) is 3.61. The van der Waals surface area contributed by atoms with Gasteiger partial charge in [-0.1, -0.05) is 24.8 Å². The van der Waals surface area contributed by atoms with Crippen molar-refractivity contribution in [2.75, 3.05) is 0 Å². The van der Waals surface area contributed by atoms with Crippen LogP contribution in [0.1, 0.15) is 11.1 Å². The fourth-order valence-corrected chi connectivity index (χ4v) is 1.59. The van der Waals surface area contributed by atoms with Crippen molar-refractivity contribution in [3.63, 3.8) is 0 Å². The maximum atomic E-state index is 13.9. The van der Waals surface area contributed by atoms with Crippen LogP contribution in [0, 0.1) is 0 Å². The normalized spacial score (nSPS) is 11.1. The van der Waals surface area contributed by atoms with Gasteiger partial charge in [-0.05, 0) is 29.8 Å². The molecule has 0 atom stereocenters. The second kappa shape index (κ2) is 5.21. The van der Waals surface area contributed by atoms with Crippen molar-refractivity contribution >= 4 is 6.08 Å². The van der Waals surface area contributed by atoms with Crippen molar-refractivity contribution < 1.29 is 23.7 Å². The van der Waals surface area contributed by atoms with Gasteiger partial charge in [0.2, 0.25) is 0 Å². The first-order valence-electron chi connectivity index (χ1n) is 5.74. The third-order valence-corrected chi connectivity index (χ3v) is 2.68. The molecule has 0 amide bonds. The van der Waals surface area contributed by atoms with Crippen LogP contribution in [0.2, 0.25) is 0 Å². The number of phenolic OH excluding ortho intramolecular Hbond substituents is 2. The molecule has 0 radical (unpaired) electrons. The monoisotopic (exact) mass is 278 g/mol. The van der Waals surface area contributed by atoms with Gasteiger partial charge in [0, 0.05) is 6.07 Å². The number of aromatic hydroxyl groups is 2. The molecule has 2 N–H and O–H groups in total. The van der Waals surface area contributed by atoms with Crippen LogP contribution < -0.4 is 4.74 Å². The van der Waals surface area contributed by atoms with E-state index in [0.29, 0.717) is 5.56 Å². The lowest BCUT2D eigenvalue weighted by molar-refractivity contribution is -0.185. The largest absolute Gasteiger partial charge is 0.504 e. The molecule has 0 aliphatic heterocycles. The summed E-state index contributed by atoms with van der Waals surface area (Å²) in [5, 5.41) is 18.4. The summed E-state index contributed by atoms with van der Waals surface area (Å²) < 4.78 is 32.4. The van der Waals surface area contributed by atoms with E-state index < -0.39 is 17.6 Å². The summed E-state index contributed by atoms with van der Waals surface area (Å²) in [5.74, 6) is -1.19. The number of phenols is 2. The summed E-state index contributed by atoms with van der Waals surface area (Å²) in [6.07, 6.45) is -2.01. The minimum absolute atomic E-state index is 0.252. The molecule has 2 aromatic carbocycles. The molecule has 0 aliphatic rings. The smallest absolute Gasteiger partial charge is 0.426 e. The molecule has 0 heterocycles. The minimum Gasteiger partial charge on any atom is -0.504 e. The van der Waals surface area contributed by atoms with Crippen molar-refractivity contribution in [3.8, 4) is 17.2 Å². The Labute approximate surface area is 114 Å². The van der Waals surface area contributed by atoms with Gasteiger partial charge in [0.1, 0.15) is 5.75 Å². The number of benzene rings is 2. The highest BCUT2D eigenvalue weighted by Crippen LogP contribution is 2.35. The Bertz CT molecular complexity index is 622. The van der Waals surface area contributed by atoms with Crippen LogP contribution in [0.5, 0.6) is 17.2 Å². The van der Waals surface area contributed by atoms with E-state index in [1.54, 1.807) is 6.08 Å². The highest BCUT2D eigenvalue weighted by atomic mass is 19.3. The predicted octanol–water partition coefficient (Wildman–Crippen LogP) is 3.87. The maximum Gasteiger partial charge on any atom is 0.426 e. The topological polar surface area (TPSA) is 49.7 Å². The molecule has 0 spiro atoms. The van der Waals surface area contributed by atoms with E-state index in [9.17, 15) is 13.9 Å². The standard InChI is InChI=1S/C15H12F2O3/c1-2-10-3-5-11(6-4-10)15(16,17)20-12-7-8-13(18)14(19)9-12/h2-9,18-19H,1H2. The molecular formula is C15H12F2O3. The van der Waals surface area contributed by atoms with Gasteiger partial charge in [0.25, 0.3) is 0 Å². The molecule has 104 valence electrons. The van der Waals surface area contributed by atoms with Gasteiger partial charge in [-0.15, -0.1) is 0 Å². The van der Waals surface area contributed by atoms with Gasteiger partial charge < -0.3 is 14.9 Å². The fourth-order valence-electron chi connectivity index (χ4n) is 1.59. The number of alkyl halides is 2. The summed E-state index contributed by atoms with van der Waals surface area (Å²) in [4.78, 5) is 0. The Hall–Kier alpha value is -2.56. The zero-order valence-corrected chi connectivity index (χ0v) is 10.4. The van der Waals surface area contributed by atoms with E-state index in [0.717, 1.165) is 18.2 Å². The van der Waals surface area contributed by atoms with Gasteiger partial charge in [-0.2, -0.15) is 8.78 Å². The van der Waals surface area contributed by atoms with E-state index in [1.807, 2.05) is 0 Å². The number of halogens is 2. The second-order valence-corrected chi connectivity index (χ2v) is 4.10. The van der Waals surface area contributed by atoms with E-state index in [4.69, 9.17) is 5.11 Å². The van der Waals surface area contributed by atoms with Crippen LogP contribution in [0.15, 0.2) is 49.0 Å². The summed E-state index contributed by atoms with van der Waals surface area (Å²) >= 11 is 0. The lowest BCUT2D eigenvalue weighted by Gasteiger charge is -2.18. The molecule has 0 aromatic heterocycles. The SMILES string of the molecule is C=Cc1ccc(C(F)(F)Oc2ccc(O)c(O)c2)cc1. The molecule has 5 heteroatoms. The fraction of sp³-hybridized carbons (Fsp3) is 0.0667. The average Bonchev–Trinajstić information content (AvgIpc) is 2.43. The summed E-state index contributed by atoms with van der Waals surface area (Å²) in [7, 11) is 0. The minimum atomic E-state index is -3.55. The summed E-state index contributed by atoms with van der Waals surface area (Å²) in [5.41, 5.74) is 0.391. The maximum absolute atomic E-state index is 13.9.